The first-order valence-electron chi connectivity index (χ1n) is 2.80. The van der Waals surface area contributed by atoms with Gasteiger partial charge in [0, 0.05) is 6.07 Å². The molecule has 1 rings (SSSR count). The number of pyridine rings is 1. The summed E-state index contributed by atoms with van der Waals surface area (Å²) in [4.78, 5) is 13.9. The molecule has 0 unspecified atom stereocenters. The van der Waals surface area contributed by atoms with Gasteiger partial charge in [0.05, 0.1) is 5.02 Å². The van der Waals surface area contributed by atoms with E-state index in [9.17, 15) is 4.79 Å². The van der Waals surface area contributed by atoms with Crippen molar-refractivity contribution >= 4 is 33.5 Å². The van der Waals surface area contributed by atoms with Crippen LogP contribution in [0.25, 0.3) is 0 Å². The van der Waals surface area contributed by atoms with Gasteiger partial charge in [-0.1, -0.05) is 11.6 Å². The van der Waals surface area contributed by atoms with Crippen molar-refractivity contribution in [2.24, 2.45) is 0 Å². The molecule has 0 spiro atoms. The third-order valence-corrected chi connectivity index (χ3v) is 2.24. The van der Waals surface area contributed by atoms with E-state index >= 15 is 0 Å². The molecule has 0 aliphatic carbocycles. The van der Waals surface area contributed by atoms with E-state index in [1.165, 1.54) is 0 Å². The number of carboxylic acids is 1. The summed E-state index contributed by atoms with van der Waals surface area (Å²) in [5, 5.41) is 17.7. The summed E-state index contributed by atoms with van der Waals surface area (Å²) in [6.45, 7) is 0. The van der Waals surface area contributed by atoms with Crippen molar-refractivity contribution in [3.63, 3.8) is 0 Å². The molecule has 0 amide bonds. The van der Waals surface area contributed by atoms with Gasteiger partial charge in [-0.05, 0) is 15.9 Å². The van der Waals surface area contributed by atoms with Gasteiger partial charge in [0.15, 0.2) is 5.69 Å². The van der Waals surface area contributed by atoms with Gasteiger partial charge >= 0.3 is 5.97 Å². The Kier molecular flexibility index (Phi) is 2.54. The summed E-state index contributed by atoms with van der Waals surface area (Å²) in [6.07, 6.45) is 0. The molecule has 6 heteroatoms. The third-order valence-electron chi connectivity index (χ3n) is 1.12. The number of aromatic hydroxyl groups is 1. The van der Waals surface area contributed by atoms with Gasteiger partial charge in [-0.3, -0.25) is 0 Å². The highest BCUT2D eigenvalue weighted by Gasteiger charge is 2.13. The van der Waals surface area contributed by atoms with E-state index in [4.69, 9.17) is 21.8 Å². The van der Waals surface area contributed by atoms with Crippen molar-refractivity contribution < 1.29 is 15.0 Å². The number of carbonyl (C=O) groups is 1. The Labute approximate surface area is 80.9 Å². The number of hydrogen-bond donors (Lipinski definition) is 2. The number of hydrogen-bond acceptors (Lipinski definition) is 3. The average Bonchev–Trinajstić information content (AvgIpc) is 1.96. The van der Waals surface area contributed by atoms with E-state index in [1.54, 1.807) is 0 Å². The van der Waals surface area contributed by atoms with Gasteiger partial charge in [-0.2, -0.15) is 0 Å². The van der Waals surface area contributed by atoms with Crippen LogP contribution in [0.1, 0.15) is 10.5 Å². The Balaban J connectivity index is 3.33. The molecule has 64 valence electrons. The van der Waals surface area contributed by atoms with Crippen LogP contribution in [-0.2, 0) is 0 Å². The lowest BCUT2D eigenvalue weighted by Crippen LogP contribution is -2.00. The van der Waals surface area contributed by atoms with Crippen molar-refractivity contribution in [2.45, 2.75) is 0 Å². The lowest BCUT2D eigenvalue weighted by Gasteiger charge is -2.00. The van der Waals surface area contributed by atoms with Crippen LogP contribution < -0.4 is 0 Å². The molecule has 0 aliphatic heterocycles. The van der Waals surface area contributed by atoms with Crippen LogP contribution in [0.4, 0.5) is 0 Å². The molecule has 0 aromatic carbocycles. The maximum Gasteiger partial charge on any atom is 0.358 e. The second kappa shape index (κ2) is 3.28. The fourth-order valence-electron chi connectivity index (χ4n) is 0.614. The summed E-state index contributed by atoms with van der Waals surface area (Å²) in [6, 6.07) is 1.11. The maximum atomic E-state index is 10.4. The highest BCUT2D eigenvalue weighted by molar-refractivity contribution is 9.10. The highest BCUT2D eigenvalue weighted by atomic mass is 79.9. The summed E-state index contributed by atoms with van der Waals surface area (Å²) in [7, 11) is 0. The second-order valence-corrected chi connectivity index (χ2v) is 3.09. The molecule has 4 nitrogen and oxygen atoms in total. The Hall–Kier alpha value is -0.810. The summed E-state index contributed by atoms with van der Waals surface area (Å²) in [5.41, 5.74) is -0.425. The lowest BCUT2D eigenvalue weighted by molar-refractivity contribution is 0.0687. The molecular formula is C6H3BrClNO3. The molecule has 0 radical (unpaired) electrons. The quantitative estimate of drug-likeness (QED) is 0.749. The predicted molar refractivity (Wildman–Crippen MR) is 45.6 cm³/mol. The molecule has 0 bridgehead atoms. The van der Waals surface area contributed by atoms with Crippen molar-refractivity contribution in [1.82, 2.24) is 4.98 Å². The number of aromatic nitrogens is 1. The van der Waals surface area contributed by atoms with Gasteiger partial charge in [0.1, 0.15) is 10.4 Å². The van der Waals surface area contributed by atoms with E-state index in [0.29, 0.717) is 0 Å². The van der Waals surface area contributed by atoms with Crippen LogP contribution >= 0.6 is 27.5 Å². The fourth-order valence-corrected chi connectivity index (χ4v) is 1.05. The van der Waals surface area contributed by atoms with E-state index in [-0.39, 0.29) is 9.63 Å². The number of aromatic carboxylic acids is 1. The van der Waals surface area contributed by atoms with Crippen LogP contribution in [0, 0.1) is 0 Å². The number of carboxylic acid groups (broad SMARTS) is 1. The highest BCUT2D eigenvalue weighted by Crippen LogP contribution is 2.26. The molecule has 0 aliphatic rings. The molecule has 0 atom stereocenters. The predicted octanol–water partition coefficient (Wildman–Crippen LogP) is 1.90. The number of rotatable bonds is 1. The van der Waals surface area contributed by atoms with Gasteiger partial charge < -0.3 is 10.2 Å². The van der Waals surface area contributed by atoms with Gasteiger partial charge in [0.25, 0.3) is 0 Å². The van der Waals surface area contributed by atoms with Crippen LogP contribution in [-0.4, -0.2) is 21.2 Å². The van der Waals surface area contributed by atoms with E-state index in [1.807, 2.05) is 0 Å². The van der Waals surface area contributed by atoms with Crippen molar-refractivity contribution in [1.29, 1.82) is 0 Å². The molecule has 12 heavy (non-hydrogen) atoms. The molecule has 1 aromatic rings. The second-order valence-electron chi connectivity index (χ2n) is 1.93. The number of nitrogens with zero attached hydrogens (tertiary/aromatic N) is 1. The Morgan fingerprint density at radius 1 is 1.67 bits per heavy atom. The molecular weight excluding hydrogens is 249 g/mol. The van der Waals surface area contributed by atoms with Crippen LogP contribution in [0.5, 0.6) is 5.75 Å². The monoisotopic (exact) mass is 251 g/mol. The van der Waals surface area contributed by atoms with Crippen LogP contribution in [0.2, 0.25) is 5.02 Å². The van der Waals surface area contributed by atoms with Crippen LogP contribution in [0.15, 0.2) is 10.7 Å². The topological polar surface area (TPSA) is 70.4 Å². The van der Waals surface area contributed by atoms with Gasteiger partial charge in [-0.25, -0.2) is 9.78 Å². The minimum absolute atomic E-state index is 0.164. The van der Waals surface area contributed by atoms with Crippen molar-refractivity contribution in [2.75, 3.05) is 0 Å². The Bertz CT molecular complexity index is 342. The van der Waals surface area contributed by atoms with Crippen molar-refractivity contribution in [3.8, 4) is 5.75 Å². The van der Waals surface area contributed by atoms with Gasteiger partial charge in [-0.15, -0.1) is 0 Å². The van der Waals surface area contributed by atoms with Crippen molar-refractivity contribution in [3.05, 3.63) is 21.4 Å². The Morgan fingerprint density at radius 2 is 2.25 bits per heavy atom. The van der Waals surface area contributed by atoms with E-state index in [2.05, 4.69) is 20.9 Å². The SMILES string of the molecule is O=C(O)c1nc(Br)c(Cl)cc1O. The minimum Gasteiger partial charge on any atom is -0.505 e. The third kappa shape index (κ3) is 1.67. The largest absolute Gasteiger partial charge is 0.505 e. The zero-order valence-electron chi connectivity index (χ0n) is 5.58. The minimum atomic E-state index is -1.30. The molecule has 1 aromatic heterocycles. The smallest absolute Gasteiger partial charge is 0.358 e. The lowest BCUT2D eigenvalue weighted by atomic mass is 10.3. The molecule has 0 saturated carbocycles. The normalized spacial score (nSPS) is 9.83. The molecule has 1 heterocycles. The Morgan fingerprint density at radius 3 is 2.75 bits per heavy atom. The molecule has 0 saturated heterocycles. The maximum absolute atomic E-state index is 10.4. The van der Waals surface area contributed by atoms with Crippen LogP contribution in [0.3, 0.4) is 0 Å². The van der Waals surface area contributed by atoms with Gasteiger partial charge in [0.2, 0.25) is 0 Å². The first-order valence-corrected chi connectivity index (χ1v) is 3.97. The average molecular weight is 252 g/mol. The standard InChI is InChI=1S/C6H3BrClNO3/c7-5-2(8)1-3(10)4(9-5)6(11)12/h1,10H,(H,11,12). The fraction of sp³-hybridized carbons (Fsp3) is 0. The van der Waals surface area contributed by atoms with E-state index < -0.39 is 17.4 Å². The first-order chi connectivity index (χ1) is 5.52. The number of halogens is 2. The summed E-state index contributed by atoms with van der Waals surface area (Å²) >= 11 is 8.46. The summed E-state index contributed by atoms with van der Waals surface area (Å²) < 4.78 is 0.194. The zero-order valence-corrected chi connectivity index (χ0v) is 7.93. The zero-order chi connectivity index (χ0) is 9.30. The molecule has 2 N–H and O–H groups in total. The summed E-state index contributed by atoms with van der Waals surface area (Å²) in [5.74, 6) is -1.75. The molecule has 0 fully saturated rings. The first kappa shape index (κ1) is 9.28. The van der Waals surface area contributed by atoms with E-state index in [0.717, 1.165) is 6.07 Å².